The van der Waals surface area contributed by atoms with Gasteiger partial charge in [-0.25, -0.2) is 9.78 Å². The van der Waals surface area contributed by atoms with Gasteiger partial charge < -0.3 is 14.8 Å². The molecular weight excluding hydrogens is 234 g/mol. The minimum atomic E-state index is -1.00. The molecule has 0 bridgehead atoms. The van der Waals surface area contributed by atoms with Crippen LogP contribution in [0, 0.1) is 6.92 Å². The number of aromatic amines is 1. The van der Waals surface area contributed by atoms with Crippen LogP contribution in [-0.2, 0) is 0 Å². The highest BCUT2D eigenvalue weighted by molar-refractivity contribution is 5.87. The van der Waals surface area contributed by atoms with Crippen molar-refractivity contribution in [3.05, 3.63) is 29.7 Å². The Hall–Kier alpha value is -2.37. The van der Waals surface area contributed by atoms with Crippen LogP contribution >= 0.6 is 0 Å². The van der Waals surface area contributed by atoms with Gasteiger partial charge >= 0.3 is 12.0 Å². The van der Waals surface area contributed by atoms with Gasteiger partial charge in [0.15, 0.2) is 0 Å². The van der Waals surface area contributed by atoms with Crippen molar-refractivity contribution in [3.8, 4) is 17.3 Å². The van der Waals surface area contributed by atoms with Crippen molar-refractivity contribution in [2.24, 2.45) is 0 Å². The molecule has 0 fully saturated rings. The standard InChI is InChI=1S/C12H13N3O3/c1-3-18-12-14-5-7(2)10(15-12)8-4-9(11(16)17)13-6-8/h4-6,13H,3H2,1-2H3,(H,16,17). The largest absolute Gasteiger partial charge is 0.477 e. The number of H-pyrrole nitrogens is 1. The van der Waals surface area contributed by atoms with Crippen LogP contribution in [0.15, 0.2) is 18.5 Å². The van der Waals surface area contributed by atoms with E-state index >= 15 is 0 Å². The quantitative estimate of drug-likeness (QED) is 0.861. The normalized spacial score (nSPS) is 10.3. The number of rotatable bonds is 4. The number of hydrogen-bond donors (Lipinski definition) is 2. The monoisotopic (exact) mass is 247 g/mol. The number of aryl methyl sites for hydroxylation is 1. The van der Waals surface area contributed by atoms with Gasteiger partial charge in [-0.2, -0.15) is 4.98 Å². The molecule has 2 heterocycles. The van der Waals surface area contributed by atoms with E-state index in [9.17, 15) is 4.79 Å². The topological polar surface area (TPSA) is 88.1 Å². The van der Waals surface area contributed by atoms with Gasteiger partial charge in [-0.1, -0.05) is 0 Å². The maximum Gasteiger partial charge on any atom is 0.352 e. The summed E-state index contributed by atoms with van der Waals surface area (Å²) >= 11 is 0. The maximum absolute atomic E-state index is 10.8. The Kier molecular flexibility index (Phi) is 3.27. The molecule has 2 rings (SSSR count). The van der Waals surface area contributed by atoms with E-state index in [1.807, 2.05) is 13.8 Å². The third kappa shape index (κ3) is 2.32. The summed E-state index contributed by atoms with van der Waals surface area (Å²) in [7, 11) is 0. The predicted octanol–water partition coefficient (Wildman–Crippen LogP) is 1.88. The molecule has 6 nitrogen and oxygen atoms in total. The number of carbonyl (C=O) groups is 1. The van der Waals surface area contributed by atoms with Gasteiger partial charge in [0.1, 0.15) is 5.69 Å². The third-order valence-electron chi connectivity index (χ3n) is 2.41. The first-order valence-electron chi connectivity index (χ1n) is 5.50. The molecule has 18 heavy (non-hydrogen) atoms. The molecule has 0 saturated heterocycles. The lowest BCUT2D eigenvalue weighted by Gasteiger charge is -2.05. The van der Waals surface area contributed by atoms with Crippen LogP contribution in [0.4, 0.5) is 0 Å². The van der Waals surface area contributed by atoms with E-state index in [1.54, 1.807) is 12.4 Å². The lowest BCUT2D eigenvalue weighted by Crippen LogP contribution is -1.99. The summed E-state index contributed by atoms with van der Waals surface area (Å²) < 4.78 is 5.23. The number of nitrogens with zero attached hydrogens (tertiary/aromatic N) is 2. The molecule has 94 valence electrons. The number of hydrogen-bond acceptors (Lipinski definition) is 4. The first-order chi connectivity index (χ1) is 8.61. The van der Waals surface area contributed by atoms with E-state index in [0.29, 0.717) is 17.9 Å². The van der Waals surface area contributed by atoms with Gasteiger partial charge in [0.05, 0.1) is 12.3 Å². The molecule has 0 amide bonds. The van der Waals surface area contributed by atoms with Crippen molar-refractivity contribution < 1.29 is 14.6 Å². The van der Waals surface area contributed by atoms with Crippen LogP contribution < -0.4 is 4.74 Å². The summed E-state index contributed by atoms with van der Waals surface area (Å²) in [5.41, 5.74) is 2.35. The van der Waals surface area contributed by atoms with Crippen LogP contribution in [0.3, 0.4) is 0 Å². The molecule has 0 aliphatic rings. The summed E-state index contributed by atoms with van der Waals surface area (Å²) in [6, 6.07) is 1.82. The zero-order valence-electron chi connectivity index (χ0n) is 10.1. The van der Waals surface area contributed by atoms with Crippen molar-refractivity contribution in [3.63, 3.8) is 0 Å². The van der Waals surface area contributed by atoms with Crippen LogP contribution in [0.5, 0.6) is 6.01 Å². The highest BCUT2D eigenvalue weighted by atomic mass is 16.5. The number of aromatic nitrogens is 3. The first-order valence-corrected chi connectivity index (χ1v) is 5.50. The molecular formula is C12H13N3O3. The smallest absolute Gasteiger partial charge is 0.352 e. The van der Waals surface area contributed by atoms with E-state index in [2.05, 4.69) is 15.0 Å². The van der Waals surface area contributed by atoms with E-state index < -0.39 is 5.97 Å². The molecule has 0 aliphatic carbocycles. The Morgan fingerprint density at radius 3 is 2.94 bits per heavy atom. The molecule has 2 aromatic rings. The third-order valence-corrected chi connectivity index (χ3v) is 2.41. The summed E-state index contributed by atoms with van der Waals surface area (Å²) in [4.78, 5) is 21.8. The number of carboxylic acids is 1. The number of nitrogens with one attached hydrogen (secondary N) is 1. The lowest BCUT2D eigenvalue weighted by atomic mass is 10.1. The Bertz CT molecular complexity index is 578. The lowest BCUT2D eigenvalue weighted by molar-refractivity contribution is 0.0691. The van der Waals surface area contributed by atoms with Gasteiger partial charge in [0.25, 0.3) is 0 Å². The molecule has 0 saturated carbocycles. The van der Waals surface area contributed by atoms with Crippen molar-refractivity contribution in [1.82, 2.24) is 15.0 Å². The molecule has 2 aromatic heterocycles. The second-order valence-electron chi connectivity index (χ2n) is 3.72. The van der Waals surface area contributed by atoms with Gasteiger partial charge in [0.2, 0.25) is 0 Å². The maximum atomic E-state index is 10.8. The Morgan fingerprint density at radius 1 is 1.56 bits per heavy atom. The van der Waals surface area contributed by atoms with Crippen LogP contribution in [0.25, 0.3) is 11.3 Å². The molecule has 0 atom stereocenters. The molecule has 0 radical (unpaired) electrons. The zero-order chi connectivity index (χ0) is 13.1. The van der Waals surface area contributed by atoms with Crippen molar-refractivity contribution >= 4 is 5.97 Å². The second-order valence-corrected chi connectivity index (χ2v) is 3.72. The Balaban J connectivity index is 2.41. The zero-order valence-corrected chi connectivity index (χ0v) is 10.1. The van der Waals surface area contributed by atoms with Crippen molar-refractivity contribution in [1.29, 1.82) is 0 Å². The molecule has 2 N–H and O–H groups in total. The fourth-order valence-corrected chi connectivity index (χ4v) is 1.57. The van der Waals surface area contributed by atoms with E-state index in [-0.39, 0.29) is 11.7 Å². The van der Waals surface area contributed by atoms with E-state index in [4.69, 9.17) is 9.84 Å². The van der Waals surface area contributed by atoms with Crippen LogP contribution in [0.1, 0.15) is 23.0 Å². The van der Waals surface area contributed by atoms with Gasteiger partial charge in [0, 0.05) is 18.0 Å². The molecule has 0 spiro atoms. The number of carboxylic acid groups (broad SMARTS) is 1. The Labute approximate surface area is 104 Å². The van der Waals surface area contributed by atoms with E-state index in [1.165, 1.54) is 6.07 Å². The average molecular weight is 247 g/mol. The minimum absolute atomic E-state index is 0.126. The first kappa shape index (κ1) is 12.1. The molecule has 0 aliphatic heterocycles. The SMILES string of the molecule is CCOc1ncc(C)c(-c2c[nH]c(C(=O)O)c2)n1. The Morgan fingerprint density at radius 2 is 2.33 bits per heavy atom. The number of aromatic carboxylic acids is 1. The van der Waals surface area contributed by atoms with Gasteiger partial charge in [-0.3, -0.25) is 0 Å². The fraction of sp³-hybridized carbons (Fsp3) is 0.250. The highest BCUT2D eigenvalue weighted by Crippen LogP contribution is 2.23. The molecule has 0 unspecified atom stereocenters. The summed E-state index contributed by atoms with van der Waals surface area (Å²) in [5, 5.41) is 8.86. The highest BCUT2D eigenvalue weighted by Gasteiger charge is 2.12. The summed E-state index contributed by atoms with van der Waals surface area (Å²) in [5.74, 6) is -1.00. The molecule has 6 heteroatoms. The second kappa shape index (κ2) is 4.87. The minimum Gasteiger partial charge on any atom is -0.477 e. The van der Waals surface area contributed by atoms with E-state index in [0.717, 1.165) is 5.56 Å². The van der Waals surface area contributed by atoms with Crippen LogP contribution in [0.2, 0.25) is 0 Å². The molecule has 0 aromatic carbocycles. The number of ether oxygens (including phenoxy) is 1. The summed E-state index contributed by atoms with van der Waals surface area (Å²) in [6.07, 6.45) is 3.26. The van der Waals surface area contributed by atoms with Crippen LogP contribution in [-0.4, -0.2) is 32.6 Å². The fourth-order valence-electron chi connectivity index (χ4n) is 1.57. The predicted molar refractivity (Wildman–Crippen MR) is 64.7 cm³/mol. The average Bonchev–Trinajstić information content (AvgIpc) is 2.81. The summed E-state index contributed by atoms with van der Waals surface area (Å²) in [6.45, 7) is 4.19. The van der Waals surface area contributed by atoms with Crippen molar-refractivity contribution in [2.75, 3.05) is 6.61 Å². The van der Waals surface area contributed by atoms with Gasteiger partial charge in [-0.05, 0) is 25.5 Å². The van der Waals surface area contributed by atoms with Crippen molar-refractivity contribution in [2.45, 2.75) is 13.8 Å². The van der Waals surface area contributed by atoms with Gasteiger partial charge in [-0.15, -0.1) is 0 Å².